The van der Waals surface area contributed by atoms with Gasteiger partial charge in [0.1, 0.15) is 0 Å². The molecule has 1 aliphatic heterocycles. The molecule has 0 aliphatic carbocycles. The Balaban J connectivity index is 2.37. The average Bonchev–Trinajstić information content (AvgIpc) is 2.47. The molecule has 0 fully saturated rings. The number of fused-ring (bicyclic) bond motifs is 1. The van der Waals surface area contributed by atoms with Crippen molar-refractivity contribution in [1.29, 1.82) is 0 Å². The van der Waals surface area contributed by atoms with Gasteiger partial charge in [-0.2, -0.15) is 0 Å². The number of rotatable bonds is 2. The lowest BCUT2D eigenvalue weighted by atomic mass is 9.93. The third kappa shape index (κ3) is 1.67. The predicted octanol–water partition coefficient (Wildman–Crippen LogP) is 3.27. The van der Waals surface area contributed by atoms with E-state index in [1.54, 1.807) is 0 Å². The van der Waals surface area contributed by atoms with Gasteiger partial charge in [0.05, 0.1) is 5.02 Å². The Morgan fingerprint density at radius 1 is 1.50 bits per heavy atom. The second-order valence-electron chi connectivity index (χ2n) is 3.66. The lowest BCUT2D eigenvalue weighted by Crippen LogP contribution is -2.11. The Bertz CT molecular complexity index is 340. The Morgan fingerprint density at radius 3 is 3.00 bits per heavy atom. The minimum absolute atomic E-state index is 0.582. The molecule has 76 valence electrons. The van der Waals surface area contributed by atoms with Gasteiger partial charge in [0, 0.05) is 10.1 Å². The molecule has 1 heterocycles. The molecular formula is C11H14ClNS. The molecule has 1 aromatic rings. The van der Waals surface area contributed by atoms with Crippen LogP contribution in [0.4, 0.5) is 0 Å². The van der Waals surface area contributed by atoms with E-state index >= 15 is 0 Å². The van der Waals surface area contributed by atoms with Gasteiger partial charge in [-0.3, -0.25) is 0 Å². The summed E-state index contributed by atoms with van der Waals surface area (Å²) in [5.41, 5.74) is 7.01. The minimum Gasteiger partial charge on any atom is -0.330 e. The summed E-state index contributed by atoms with van der Waals surface area (Å²) in [5.74, 6) is 0.582. The molecule has 0 bridgehead atoms. The van der Waals surface area contributed by atoms with E-state index in [0.717, 1.165) is 18.0 Å². The number of nitrogens with two attached hydrogens (primary N) is 1. The molecule has 0 spiro atoms. The second-order valence-corrected chi connectivity index (χ2v) is 5.46. The van der Waals surface area contributed by atoms with Gasteiger partial charge in [-0.1, -0.05) is 30.7 Å². The quantitative estimate of drug-likeness (QED) is 0.840. The van der Waals surface area contributed by atoms with Crippen LogP contribution in [0.3, 0.4) is 0 Å². The molecular weight excluding hydrogens is 214 g/mol. The molecule has 0 radical (unpaired) electrons. The van der Waals surface area contributed by atoms with Crippen LogP contribution < -0.4 is 5.73 Å². The summed E-state index contributed by atoms with van der Waals surface area (Å²) in [7, 11) is 0. The number of thioether (sulfide) groups is 1. The van der Waals surface area contributed by atoms with E-state index in [1.807, 2.05) is 23.9 Å². The molecule has 1 nitrogen and oxygen atoms in total. The highest BCUT2D eigenvalue weighted by Crippen LogP contribution is 2.49. The molecule has 2 rings (SSSR count). The SMILES string of the molecule is CC1Sc2c(Cl)cccc2C1CCN. The van der Waals surface area contributed by atoms with Crippen molar-refractivity contribution >= 4 is 23.4 Å². The average molecular weight is 228 g/mol. The van der Waals surface area contributed by atoms with Crippen LogP contribution in [0.25, 0.3) is 0 Å². The normalized spacial score (nSPS) is 25.1. The van der Waals surface area contributed by atoms with Crippen LogP contribution >= 0.6 is 23.4 Å². The molecule has 3 heteroatoms. The number of hydrogen-bond acceptors (Lipinski definition) is 2. The maximum Gasteiger partial charge on any atom is 0.0544 e. The zero-order valence-corrected chi connectivity index (χ0v) is 9.74. The fraction of sp³-hybridized carbons (Fsp3) is 0.455. The first-order valence-electron chi connectivity index (χ1n) is 4.89. The van der Waals surface area contributed by atoms with Gasteiger partial charge in [-0.15, -0.1) is 11.8 Å². The van der Waals surface area contributed by atoms with Crippen molar-refractivity contribution in [3.63, 3.8) is 0 Å². The summed E-state index contributed by atoms with van der Waals surface area (Å²) >= 11 is 8.03. The summed E-state index contributed by atoms with van der Waals surface area (Å²) in [6.45, 7) is 3.00. The highest BCUT2D eigenvalue weighted by molar-refractivity contribution is 8.00. The van der Waals surface area contributed by atoms with Gasteiger partial charge in [0.2, 0.25) is 0 Å². The molecule has 14 heavy (non-hydrogen) atoms. The fourth-order valence-electron chi connectivity index (χ4n) is 2.03. The molecule has 1 aromatic carbocycles. The number of hydrogen-bond donors (Lipinski definition) is 1. The molecule has 1 aliphatic rings. The summed E-state index contributed by atoms with van der Waals surface area (Å²) in [5, 5.41) is 1.49. The Hall–Kier alpha value is -0.180. The Morgan fingerprint density at radius 2 is 2.29 bits per heavy atom. The van der Waals surface area contributed by atoms with Crippen molar-refractivity contribution in [3.8, 4) is 0 Å². The van der Waals surface area contributed by atoms with Gasteiger partial charge in [0.25, 0.3) is 0 Å². The number of halogens is 1. The van der Waals surface area contributed by atoms with E-state index in [9.17, 15) is 0 Å². The molecule has 0 saturated carbocycles. The van der Waals surface area contributed by atoms with Gasteiger partial charge < -0.3 is 5.73 Å². The van der Waals surface area contributed by atoms with E-state index in [4.69, 9.17) is 17.3 Å². The topological polar surface area (TPSA) is 26.0 Å². The van der Waals surface area contributed by atoms with E-state index in [2.05, 4.69) is 13.0 Å². The first-order valence-corrected chi connectivity index (χ1v) is 6.15. The Labute approximate surface area is 94.0 Å². The van der Waals surface area contributed by atoms with Crippen LogP contribution in [-0.2, 0) is 0 Å². The molecule has 0 saturated heterocycles. The zero-order valence-electron chi connectivity index (χ0n) is 8.16. The lowest BCUT2D eigenvalue weighted by Gasteiger charge is -2.13. The Kier molecular flexibility index (Phi) is 3.05. The maximum atomic E-state index is 6.15. The van der Waals surface area contributed by atoms with Gasteiger partial charge in [-0.05, 0) is 30.5 Å². The van der Waals surface area contributed by atoms with Crippen molar-refractivity contribution in [2.24, 2.45) is 5.73 Å². The van der Waals surface area contributed by atoms with Gasteiger partial charge in [0.15, 0.2) is 0 Å². The highest BCUT2D eigenvalue weighted by atomic mass is 35.5. The fourth-order valence-corrected chi connectivity index (χ4v) is 3.70. The summed E-state index contributed by atoms with van der Waals surface area (Å²) in [6.07, 6.45) is 1.06. The second kappa shape index (κ2) is 4.13. The summed E-state index contributed by atoms with van der Waals surface area (Å²) in [4.78, 5) is 1.26. The third-order valence-corrected chi connectivity index (χ3v) is 4.56. The van der Waals surface area contributed by atoms with Gasteiger partial charge in [-0.25, -0.2) is 0 Å². The van der Waals surface area contributed by atoms with Crippen LogP contribution in [0.2, 0.25) is 5.02 Å². The molecule has 0 amide bonds. The zero-order chi connectivity index (χ0) is 10.1. The largest absolute Gasteiger partial charge is 0.330 e. The first-order chi connectivity index (χ1) is 6.74. The third-order valence-electron chi connectivity index (χ3n) is 2.74. The molecule has 2 atom stereocenters. The van der Waals surface area contributed by atoms with Gasteiger partial charge >= 0.3 is 0 Å². The van der Waals surface area contributed by atoms with Crippen molar-refractivity contribution < 1.29 is 0 Å². The van der Waals surface area contributed by atoms with Crippen molar-refractivity contribution in [2.45, 2.75) is 29.4 Å². The van der Waals surface area contributed by atoms with Crippen molar-refractivity contribution in [3.05, 3.63) is 28.8 Å². The van der Waals surface area contributed by atoms with E-state index < -0.39 is 0 Å². The smallest absolute Gasteiger partial charge is 0.0544 e. The van der Waals surface area contributed by atoms with E-state index in [0.29, 0.717) is 11.2 Å². The van der Waals surface area contributed by atoms with Crippen LogP contribution in [-0.4, -0.2) is 11.8 Å². The summed E-state index contributed by atoms with van der Waals surface area (Å²) in [6, 6.07) is 6.17. The van der Waals surface area contributed by atoms with Crippen molar-refractivity contribution in [2.75, 3.05) is 6.54 Å². The van der Waals surface area contributed by atoms with E-state index in [-0.39, 0.29) is 0 Å². The van der Waals surface area contributed by atoms with Crippen LogP contribution in [0, 0.1) is 0 Å². The standard InChI is InChI=1S/C11H14ClNS/c1-7-8(5-6-13)9-3-2-4-10(12)11(9)14-7/h2-4,7-8H,5-6,13H2,1H3. The lowest BCUT2D eigenvalue weighted by molar-refractivity contribution is 0.633. The van der Waals surface area contributed by atoms with Crippen LogP contribution in [0.5, 0.6) is 0 Å². The molecule has 0 aromatic heterocycles. The first kappa shape index (κ1) is 10.3. The molecule has 2 unspecified atom stereocenters. The predicted molar refractivity (Wildman–Crippen MR) is 63.2 cm³/mol. The van der Waals surface area contributed by atoms with Crippen LogP contribution in [0.1, 0.15) is 24.8 Å². The van der Waals surface area contributed by atoms with Crippen LogP contribution in [0.15, 0.2) is 23.1 Å². The monoisotopic (exact) mass is 227 g/mol. The minimum atomic E-state index is 0.582. The summed E-state index contributed by atoms with van der Waals surface area (Å²) < 4.78 is 0. The highest BCUT2D eigenvalue weighted by Gasteiger charge is 2.30. The maximum absolute atomic E-state index is 6.15. The molecule has 2 N–H and O–H groups in total. The number of benzene rings is 1. The van der Waals surface area contributed by atoms with Crippen molar-refractivity contribution in [1.82, 2.24) is 0 Å². The van der Waals surface area contributed by atoms with E-state index in [1.165, 1.54) is 10.5 Å².